The van der Waals surface area contributed by atoms with Crippen LogP contribution < -0.4 is 10.6 Å². The highest BCUT2D eigenvalue weighted by molar-refractivity contribution is 7.08. The molecule has 2 atom stereocenters. The van der Waals surface area contributed by atoms with Crippen LogP contribution in [0.25, 0.3) is 11.1 Å². The van der Waals surface area contributed by atoms with Crippen molar-refractivity contribution in [1.29, 1.82) is 0 Å². The zero-order valence-electron chi connectivity index (χ0n) is 16.7. The molecule has 0 bridgehead atoms. The maximum Gasteiger partial charge on any atom is 0.256 e. The molecule has 156 valence electrons. The second kappa shape index (κ2) is 7.87. The maximum atomic E-state index is 13.3. The number of nitrogens with zero attached hydrogens (tertiary/aromatic N) is 1. The van der Waals surface area contributed by atoms with Crippen molar-refractivity contribution in [3.63, 3.8) is 0 Å². The summed E-state index contributed by atoms with van der Waals surface area (Å²) >= 11 is 1.61. The lowest BCUT2D eigenvalue weighted by atomic mass is 9.95. The number of carbonyl (C=O) groups excluding carboxylic acids is 3. The molecule has 2 aliphatic heterocycles. The summed E-state index contributed by atoms with van der Waals surface area (Å²) in [5.41, 5.74) is 3.12. The average molecular weight is 424 g/mol. The molecule has 30 heavy (non-hydrogen) atoms. The molecule has 2 aromatic rings. The van der Waals surface area contributed by atoms with Crippen LogP contribution in [0.15, 0.2) is 35.0 Å². The number of rotatable bonds is 3. The van der Waals surface area contributed by atoms with Crippen molar-refractivity contribution in [1.82, 2.24) is 10.2 Å². The molecule has 3 amide bonds. The van der Waals surface area contributed by atoms with Crippen LogP contribution in [0.3, 0.4) is 0 Å². The van der Waals surface area contributed by atoms with E-state index in [1.54, 1.807) is 16.2 Å². The van der Waals surface area contributed by atoms with Crippen molar-refractivity contribution in [2.24, 2.45) is 5.92 Å². The van der Waals surface area contributed by atoms with Crippen LogP contribution in [-0.2, 0) is 9.59 Å². The number of benzene rings is 1. The van der Waals surface area contributed by atoms with E-state index in [-0.39, 0.29) is 29.7 Å². The van der Waals surface area contributed by atoms with Crippen molar-refractivity contribution in [3.8, 4) is 11.1 Å². The Morgan fingerprint density at radius 1 is 1.10 bits per heavy atom. The van der Waals surface area contributed by atoms with Crippen LogP contribution in [0, 0.1) is 5.92 Å². The van der Waals surface area contributed by atoms with Crippen molar-refractivity contribution < 1.29 is 14.4 Å². The SMILES string of the molecule is O=C(NC1CCN2C(=O)c3cc(-c4ccsc4)ccc3NC(=O)C2C1)C1CCCC1. The number of carbonyl (C=O) groups is 3. The first-order chi connectivity index (χ1) is 14.6. The molecular formula is C23H25N3O3S. The van der Waals surface area contributed by atoms with Gasteiger partial charge in [0.25, 0.3) is 5.91 Å². The standard InChI is InChI=1S/C23H25N3O3S/c27-21(14-3-1-2-4-14)24-17-7-9-26-20(12-17)22(28)25-19-6-5-15(11-18(19)23(26)29)16-8-10-30-13-16/h5-6,8,10-11,13-14,17,20H,1-4,7,9,12H2,(H,24,27)(H,25,28). The average Bonchev–Trinajstić information content (AvgIpc) is 3.46. The molecule has 0 radical (unpaired) electrons. The van der Waals surface area contributed by atoms with E-state index in [1.807, 2.05) is 35.0 Å². The Labute approximate surface area is 179 Å². The van der Waals surface area contributed by atoms with Gasteiger partial charge < -0.3 is 15.5 Å². The largest absolute Gasteiger partial charge is 0.353 e. The highest BCUT2D eigenvalue weighted by Crippen LogP contribution is 2.33. The van der Waals surface area contributed by atoms with Gasteiger partial charge in [0.05, 0.1) is 11.3 Å². The molecule has 1 saturated carbocycles. The monoisotopic (exact) mass is 423 g/mol. The molecule has 1 aromatic heterocycles. The predicted molar refractivity (Wildman–Crippen MR) is 116 cm³/mol. The van der Waals surface area contributed by atoms with Gasteiger partial charge in [0.1, 0.15) is 6.04 Å². The second-order valence-corrected chi connectivity index (χ2v) is 9.27. The first-order valence-electron chi connectivity index (χ1n) is 10.7. The van der Waals surface area contributed by atoms with Gasteiger partial charge in [-0.3, -0.25) is 14.4 Å². The summed E-state index contributed by atoms with van der Waals surface area (Å²) in [4.78, 5) is 40.5. The molecule has 2 fully saturated rings. The Hall–Kier alpha value is -2.67. The molecule has 3 aliphatic rings. The third-order valence-corrected chi connectivity index (χ3v) is 7.28. The number of amides is 3. The van der Waals surface area contributed by atoms with E-state index < -0.39 is 6.04 Å². The number of thiophene rings is 1. The van der Waals surface area contributed by atoms with E-state index in [1.165, 1.54) is 0 Å². The molecule has 1 saturated heterocycles. The Morgan fingerprint density at radius 2 is 1.93 bits per heavy atom. The number of fused-ring (bicyclic) bond motifs is 2. The highest BCUT2D eigenvalue weighted by Gasteiger charge is 2.40. The smallest absolute Gasteiger partial charge is 0.256 e. The lowest BCUT2D eigenvalue weighted by Crippen LogP contribution is -2.55. The minimum Gasteiger partial charge on any atom is -0.353 e. The van der Waals surface area contributed by atoms with Gasteiger partial charge in [-0.1, -0.05) is 18.9 Å². The van der Waals surface area contributed by atoms with E-state index in [9.17, 15) is 14.4 Å². The summed E-state index contributed by atoms with van der Waals surface area (Å²) in [5, 5.41) is 10.1. The molecule has 2 unspecified atom stereocenters. The predicted octanol–water partition coefficient (Wildman–Crippen LogP) is 3.65. The highest BCUT2D eigenvalue weighted by atomic mass is 32.1. The topological polar surface area (TPSA) is 78.5 Å². The number of hydrogen-bond acceptors (Lipinski definition) is 4. The van der Waals surface area contributed by atoms with E-state index in [0.717, 1.165) is 36.8 Å². The molecule has 5 rings (SSSR count). The minimum absolute atomic E-state index is 0.0690. The van der Waals surface area contributed by atoms with Gasteiger partial charge in [-0.2, -0.15) is 11.3 Å². The van der Waals surface area contributed by atoms with E-state index in [4.69, 9.17) is 0 Å². The molecule has 6 nitrogen and oxygen atoms in total. The molecule has 2 N–H and O–H groups in total. The van der Waals surface area contributed by atoms with Crippen LogP contribution in [0.1, 0.15) is 48.9 Å². The number of piperidine rings is 1. The van der Waals surface area contributed by atoms with Crippen molar-refractivity contribution in [3.05, 3.63) is 40.6 Å². The zero-order chi connectivity index (χ0) is 20.7. The lowest BCUT2D eigenvalue weighted by Gasteiger charge is -2.37. The van der Waals surface area contributed by atoms with Crippen molar-refractivity contribution in [2.45, 2.75) is 50.6 Å². The Kier molecular flexibility index (Phi) is 5.06. The van der Waals surface area contributed by atoms with Crippen molar-refractivity contribution >= 4 is 34.7 Å². The van der Waals surface area contributed by atoms with Crippen molar-refractivity contribution in [2.75, 3.05) is 11.9 Å². The Balaban J connectivity index is 1.35. The van der Waals surface area contributed by atoms with Crippen LogP contribution in [0.2, 0.25) is 0 Å². The van der Waals surface area contributed by atoms with Crippen LogP contribution >= 0.6 is 11.3 Å². The summed E-state index contributed by atoms with van der Waals surface area (Å²) < 4.78 is 0. The summed E-state index contributed by atoms with van der Waals surface area (Å²) in [7, 11) is 0. The van der Waals surface area contributed by atoms with Crippen LogP contribution in [0.5, 0.6) is 0 Å². The van der Waals surface area contributed by atoms with Gasteiger partial charge in [0, 0.05) is 18.5 Å². The zero-order valence-corrected chi connectivity index (χ0v) is 17.5. The Bertz CT molecular complexity index is 982. The molecule has 7 heteroatoms. The van der Waals surface area contributed by atoms with Gasteiger partial charge >= 0.3 is 0 Å². The van der Waals surface area contributed by atoms with Gasteiger partial charge in [-0.15, -0.1) is 0 Å². The maximum absolute atomic E-state index is 13.3. The van der Waals surface area contributed by atoms with Gasteiger partial charge in [0.2, 0.25) is 11.8 Å². The first kappa shape index (κ1) is 19.3. The van der Waals surface area contributed by atoms with Gasteiger partial charge in [-0.05, 0) is 65.8 Å². The molecular weight excluding hydrogens is 398 g/mol. The third-order valence-electron chi connectivity index (χ3n) is 6.60. The normalized spacial score (nSPS) is 24.1. The third kappa shape index (κ3) is 3.51. The number of anilines is 1. The molecule has 1 aliphatic carbocycles. The second-order valence-electron chi connectivity index (χ2n) is 8.49. The first-order valence-corrected chi connectivity index (χ1v) is 11.6. The van der Waals surface area contributed by atoms with E-state index in [0.29, 0.717) is 30.6 Å². The molecule has 1 aromatic carbocycles. The quantitative estimate of drug-likeness (QED) is 0.791. The van der Waals surface area contributed by atoms with Crippen LogP contribution in [0.4, 0.5) is 5.69 Å². The summed E-state index contributed by atoms with van der Waals surface area (Å²) in [6, 6.07) is 7.01. The molecule has 3 heterocycles. The lowest BCUT2D eigenvalue weighted by molar-refractivity contribution is -0.127. The fourth-order valence-electron chi connectivity index (χ4n) is 4.90. The number of nitrogens with one attached hydrogen (secondary N) is 2. The van der Waals surface area contributed by atoms with Crippen LogP contribution in [-0.4, -0.2) is 41.2 Å². The van der Waals surface area contributed by atoms with Gasteiger partial charge in [0.15, 0.2) is 0 Å². The summed E-state index contributed by atoms with van der Waals surface area (Å²) in [6.07, 6.45) is 5.27. The minimum atomic E-state index is -0.558. The van der Waals surface area contributed by atoms with Gasteiger partial charge in [-0.25, -0.2) is 0 Å². The summed E-state index contributed by atoms with van der Waals surface area (Å²) in [5.74, 6) is -0.0846. The molecule has 0 spiro atoms. The van der Waals surface area contributed by atoms with E-state index in [2.05, 4.69) is 10.6 Å². The fourth-order valence-corrected chi connectivity index (χ4v) is 5.57. The number of hydrogen-bond donors (Lipinski definition) is 2. The Morgan fingerprint density at radius 3 is 2.70 bits per heavy atom. The van der Waals surface area contributed by atoms with E-state index >= 15 is 0 Å². The summed E-state index contributed by atoms with van der Waals surface area (Å²) in [6.45, 7) is 0.467. The fraction of sp³-hybridized carbons (Fsp3) is 0.435.